The SMILES string of the molecule is N#C/C(=C\c1cc(O)c(O)c([N+](=O)[O-])c1)c1cccnc1C(F)(F)F. The number of rotatable bonds is 3. The van der Waals surface area contributed by atoms with Gasteiger partial charge in [0.1, 0.15) is 0 Å². The maximum atomic E-state index is 13.0. The normalized spacial score (nSPS) is 11.8. The molecule has 2 rings (SSSR count). The van der Waals surface area contributed by atoms with Crippen molar-refractivity contribution >= 4 is 17.3 Å². The number of nitrogens with zero attached hydrogens (tertiary/aromatic N) is 3. The first kappa shape index (κ1) is 17.7. The Labute approximate surface area is 138 Å². The Morgan fingerprint density at radius 1 is 1.36 bits per heavy atom. The van der Waals surface area contributed by atoms with Gasteiger partial charge < -0.3 is 10.2 Å². The van der Waals surface area contributed by atoms with Crippen molar-refractivity contribution < 1.29 is 28.3 Å². The van der Waals surface area contributed by atoms with Crippen LogP contribution in [0.1, 0.15) is 16.8 Å². The van der Waals surface area contributed by atoms with E-state index in [1.807, 2.05) is 0 Å². The van der Waals surface area contributed by atoms with Gasteiger partial charge >= 0.3 is 11.9 Å². The molecule has 0 saturated heterocycles. The molecule has 2 aromatic rings. The summed E-state index contributed by atoms with van der Waals surface area (Å²) in [7, 11) is 0. The van der Waals surface area contributed by atoms with Crippen molar-refractivity contribution in [3.8, 4) is 17.6 Å². The van der Waals surface area contributed by atoms with Crippen molar-refractivity contribution in [2.75, 3.05) is 0 Å². The number of phenolic OH excluding ortho intramolecular Hbond substituents is 2. The van der Waals surface area contributed by atoms with Gasteiger partial charge in [-0.1, -0.05) is 0 Å². The van der Waals surface area contributed by atoms with Crippen LogP contribution < -0.4 is 0 Å². The number of nitriles is 1. The second-order valence-electron chi connectivity index (χ2n) is 4.73. The molecule has 2 N–H and O–H groups in total. The van der Waals surface area contributed by atoms with Gasteiger partial charge in [0.15, 0.2) is 11.4 Å². The van der Waals surface area contributed by atoms with Gasteiger partial charge in [-0.25, -0.2) is 0 Å². The first-order valence-electron chi connectivity index (χ1n) is 6.50. The average molecular weight is 351 g/mol. The number of hydrogen-bond acceptors (Lipinski definition) is 6. The summed E-state index contributed by atoms with van der Waals surface area (Å²) in [5.74, 6) is -1.84. The highest BCUT2D eigenvalue weighted by Crippen LogP contribution is 2.38. The van der Waals surface area contributed by atoms with Crippen LogP contribution in [0.2, 0.25) is 0 Å². The van der Waals surface area contributed by atoms with Gasteiger partial charge in [-0.3, -0.25) is 15.1 Å². The summed E-state index contributed by atoms with van der Waals surface area (Å²) >= 11 is 0. The van der Waals surface area contributed by atoms with E-state index in [1.54, 1.807) is 6.07 Å². The van der Waals surface area contributed by atoms with E-state index in [0.29, 0.717) is 0 Å². The summed E-state index contributed by atoms with van der Waals surface area (Å²) in [6.07, 6.45) is -2.98. The van der Waals surface area contributed by atoms with E-state index in [0.717, 1.165) is 30.5 Å². The molecule has 0 atom stereocenters. The standard InChI is InChI=1S/C15H8F3N3O4/c16-15(17,18)14-10(2-1-3-20-14)9(7-19)4-8-5-11(21(24)25)13(23)12(22)6-8/h1-6,22-23H/b9-4+. The van der Waals surface area contributed by atoms with E-state index >= 15 is 0 Å². The topological polar surface area (TPSA) is 120 Å². The van der Waals surface area contributed by atoms with Crippen LogP contribution in [0.5, 0.6) is 11.5 Å². The number of allylic oxidation sites excluding steroid dienone is 1. The van der Waals surface area contributed by atoms with E-state index < -0.39 is 45.1 Å². The van der Waals surface area contributed by atoms with Crippen LogP contribution in [-0.2, 0) is 6.18 Å². The predicted molar refractivity (Wildman–Crippen MR) is 79.1 cm³/mol. The Bertz CT molecular complexity index is 917. The molecule has 128 valence electrons. The molecule has 0 bridgehead atoms. The number of hydrogen-bond donors (Lipinski definition) is 2. The molecule has 10 heteroatoms. The van der Waals surface area contributed by atoms with Gasteiger partial charge in [0.2, 0.25) is 5.75 Å². The highest BCUT2D eigenvalue weighted by atomic mass is 19.4. The smallest absolute Gasteiger partial charge is 0.433 e. The monoisotopic (exact) mass is 351 g/mol. The molecule has 25 heavy (non-hydrogen) atoms. The molecule has 7 nitrogen and oxygen atoms in total. The number of aromatic hydroxyl groups is 2. The fourth-order valence-corrected chi connectivity index (χ4v) is 2.03. The van der Waals surface area contributed by atoms with Crippen molar-refractivity contribution in [1.29, 1.82) is 5.26 Å². The summed E-state index contributed by atoms with van der Waals surface area (Å²) in [5.41, 5.74) is -3.28. The second kappa shape index (κ2) is 6.48. The summed E-state index contributed by atoms with van der Waals surface area (Å²) in [6, 6.07) is 5.49. The van der Waals surface area contributed by atoms with Crippen LogP contribution in [0.15, 0.2) is 30.5 Å². The third-order valence-corrected chi connectivity index (χ3v) is 3.09. The van der Waals surface area contributed by atoms with Gasteiger partial charge in [0, 0.05) is 17.8 Å². The number of pyridine rings is 1. The van der Waals surface area contributed by atoms with Crippen molar-refractivity contribution in [1.82, 2.24) is 4.98 Å². The number of alkyl halides is 3. The van der Waals surface area contributed by atoms with E-state index in [9.17, 15) is 38.8 Å². The fourth-order valence-electron chi connectivity index (χ4n) is 2.03. The van der Waals surface area contributed by atoms with E-state index in [2.05, 4.69) is 4.98 Å². The zero-order valence-corrected chi connectivity index (χ0v) is 12.2. The first-order chi connectivity index (χ1) is 11.6. The molecule has 0 aliphatic carbocycles. The molecule has 0 aliphatic rings. The minimum Gasteiger partial charge on any atom is -0.504 e. The molecule has 0 amide bonds. The summed E-state index contributed by atoms with van der Waals surface area (Å²) in [4.78, 5) is 13.1. The Kier molecular flexibility index (Phi) is 4.60. The molecule has 0 radical (unpaired) electrons. The number of aromatic nitrogens is 1. The molecule has 0 spiro atoms. The third kappa shape index (κ3) is 3.66. The fraction of sp³-hybridized carbons (Fsp3) is 0.0667. The van der Waals surface area contributed by atoms with Crippen molar-refractivity contribution in [3.63, 3.8) is 0 Å². The van der Waals surface area contributed by atoms with Crippen LogP contribution in [0.4, 0.5) is 18.9 Å². The number of phenols is 2. The highest BCUT2D eigenvalue weighted by Gasteiger charge is 2.36. The number of nitro groups is 1. The lowest BCUT2D eigenvalue weighted by molar-refractivity contribution is -0.386. The maximum Gasteiger partial charge on any atom is 0.433 e. The van der Waals surface area contributed by atoms with Gasteiger partial charge in [0.25, 0.3) is 0 Å². The number of benzene rings is 1. The first-order valence-corrected chi connectivity index (χ1v) is 6.50. The Hall–Kier alpha value is -3.61. The summed E-state index contributed by atoms with van der Waals surface area (Å²) < 4.78 is 39.0. The zero-order chi connectivity index (χ0) is 18.8. The largest absolute Gasteiger partial charge is 0.504 e. The lowest BCUT2D eigenvalue weighted by Gasteiger charge is -2.10. The minimum absolute atomic E-state index is 0.143. The number of halogens is 3. The molecule has 0 fully saturated rings. The highest BCUT2D eigenvalue weighted by molar-refractivity contribution is 5.91. The second-order valence-corrected chi connectivity index (χ2v) is 4.73. The van der Waals surface area contributed by atoms with Crippen LogP contribution in [-0.4, -0.2) is 20.1 Å². The summed E-state index contributed by atoms with van der Waals surface area (Å²) in [5, 5.41) is 38.9. The average Bonchev–Trinajstić information content (AvgIpc) is 2.54. The van der Waals surface area contributed by atoms with E-state index in [4.69, 9.17) is 0 Å². The molecular weight excluding hydrogens is 343 g/mol. The van der Waals surface area contributed by atoms with E-state index in [-0.39, 0.29) is 5.56 Å². The quantitative estimate of drug-likeness (QED) is 0.378. The lowest BCUT2D eigenvalue weighted by atomic mass is 10.0. The van der Waals surface area contributed by atoms with Gasteiger partial charge in [-0.2, -0.15) is 18.4 Å². The zero-order valence-electron chi connectivity index (χ0n) is 12.2. The van der Waals surface area contributed by atoms with Gasteiger partial charge in [-0.05, 0) is 29.8 Å². The van der Waals surface area contributed by atoms with Crippen LogP contribution >= 0.6 is 0 Å². The van der Waals surface area contributed by atoms with Crippen molar-refractivity contribution in [2.24, 2.45) is 0 Å². The molecule has 1 heterocycles. The summed E-state index contributed by atoms with van der Waals surface area (Å²) in [6.45, 7) is 0. The van der Waals surface area contributed by atoms with Crippen LogP contribution in [0.25, 0.3) is 11.6 Å². The molecule has 0 unspecified atom stereocenters. The van der Waals surface area contributed by atoms with Crippen molar-refractivity contribution in [3.05, 3.63) is 57.4 Å². The van der Waals surface area contributed by atoms with E-state index in [1.165, 1.54) is 6.07 Å². The Morgan fingerprint density at radius 2 is 2.04 bits per heavy atom. The molecule has 1 aromatic carbocycles. The van der Waals surface area contributed by atoms with Crippen molar-refractivity contribution in [2.45, 2.75) is 6.18 Å². The van der Waals surface area contributed by atoms with Crippen LogP contribution in [0.3, 0.4) is 0 Å². The number of nitro benzene ring substituents is 1. The molecule has 1 aromatic heterocycles. The predicted octanol–water partition coefficient (Wildman–Crippen LogP) is 3.48. The molecule has 0 saturated carbocycles. The minimum atomic E-state index is -4.81. The maximum absolute atomic E-state index is 13.0. The third-order valence-electron chi connectivity index (χ3n) is 3.09. The van der Waals surface area contributed by atoms with Gasteiger partial charge in [0.05, 0.1) is 16.6 Å². The Balaban J connectivity index is 2.65. The Morgan fingerprint density at radius 3 is 2.60 bits per heavy atom. The lowest BCUT2D eigenvalue weighted by Crippen LogP contribution is -2.11. The van der Waals surface area contributed by atoms with Gasteiger partial charge in [-0.15, -0.1) is 0 Å². The molecule has 0 aliphatic heterocycles. The van der Waals surface area contributed by atoms with Crippen LogP contribution in [0, 0.1) is 21.4 Å². The molecular formula is C15H8F3N3O4.